The fraction of sp³-hybridized carbons (Fsp3) is 0.714. The highest BCUT2D eigenvalue weighted by molar-refractivity contribution is 8.15. The van der Waals surface area contributed by atoms with E-state index in [1.807, 2.05) is 0 Å². The van der Waals surface area contributed by atoms with Crippen LogP contribution in [0.5, 0.6) is 0 Å². The second kappa shape index (κ2) is 3.06. The highest BCUT2D eigenvalue weighted by atomic mass is 32.2. The Balaban J connectivity index is 2.12. The number of nitrogens with zero attached hydrogens (tertiary/aromatic N) is 2. The lowest BCUT2D eigenvalue weighted by Gasteiger charge is -2.22. The quantitative estimate of drug-likeness (QED) is 0.697. The van der Waals surface area contributed by atoms with E-state index in [1.54, 1.807) is 0 Å². The maximum atomic E-state index is 5.10. The van der Waals surface area contributed by atoms with E-state index in [0.717, 1.165) is 24.3 Å². The topological polar surface area (TPSA) is 48.2 Å². The molecule has 0 atom stereocenters. The average molecular weight is 188 g/mol. The van der Waals surface area contributed by atoms with Crippen molar-refractivity contribution in [2.24, 2.45) is 0 Å². The number of ether oxygens (including phenoxy) is 1. The molecule has 0 N–H and O–H groups in total. The van der Waals surface area contributed by atoms with Crippen molar-refractivity contribution in [2.75, 3.05) is 25.7 Å². The van der Waals surface area contributed by atoms with E-state index in [0.29, 0.717) is 5.92 Å². The van der Waals surface area contributed by atoms with Crippen LogP contribution in [0, 0.1) is 0 Å². The van der Waals surface area contributed by atoms with Crippen molar-refractivity contribution in [1.82, 2.24) is 10.1 Å². The van der Waals surface area contributed by atoms with Gasteiger partial charge in [0.05, 0.1) is 19.1 Å². The molecule has 1 aromatic heterocycles. The Morgan fingerprint density at radius 1 is 1.42 bits per heavy atom. The van der Waals surface area contributed by atoms with Crippen LogP contribution in [-0.4, -0.2) is 35.9 Å². The fourth-order valence-corrected chi connectivity index (χ4v) is 1.47. The van der Waals surface area contributed by atoms with Crippen molar-refractivity contribution in [3.8, 4) is 0 Å². The molecule has 0 aromatic carbocycles. The molecule has 0 amide bonds. The smallest absolute Gasteiger partial charge is 0.265 e. The highest BCUT2D eigenvalue weighted by Gasteiger charge is 2.25. The van der Waals surface area contributed by atoms with Gasteiger partial charge in [-0.1, -0.05) is 5.16 Å². The van der Waals surface area contributed by atoms with Crippen LogP contribution in [-0.2, 0) is 4.74 Å². The maximum absolute atomic E-state index is 5.10. The third kappa shape index (κ3) is 1.34. The Hall–Kier alpha value is -0.550. The Labute approximate surface area is 73.6 Å². The summed E-state index contributed by atoms with van der Waals surface area (Å²) < 4.78 is 10.1. The summed E-state index contributed by atoms with van der Waals surface area (Å²) in [7, 11) is -0.262. The average Bonchev–Trinajstić information content (AvgIpc) is 2.32. The van der Waals surface area contributed by atoms with Crippen molar-refractivity contribution in [2.45, 2.75) is 11.1 Å². The van der Waals surface area contributed by atoms with E-state index >= 15 is 0 Å². The molecule has 1 aliphatic heterocycles. The van der Waals surface area contributed by atoms with E-state index in [-0.39, 0.29) is 10.9 Å². The molecule has 4 nitrogen and oxygen atoms in total. The van der Waals surface area contributed by atoms with Crippen LogP contribution < -0.4 is 0 Å². The molecule has 1 aliphatic rings. The van der Waals surface area contributed by atoms with Crippen LogP contribution in [0.25, 0.3) is 0 Å². The second-order valence-corrected chi connectivity index (χ2v) is 5.24. The summed E-state index contributed by atoms with van der Waals surface area (Å²) >= 11 is 0. The summed E-state index contributed by atoms with van der Waals surface area (Å²) in [5.41, 5.74) is 0. The van der Waals surface area contributed by atoms with Gasteiger partial charge in [-0.3, -0.25) is 0 Å². The van der Waals surface area contributed by atoms with Gasteiger partial charge in [0.15, 0.2) is 5.82 Å². The van der Waals surface area contributed by atoms with Crippen LogP contribution in [0.2, 0.25) is 0 Å². The van der Waals surface area contributed by atoms with Gasteiger partial charge in [0.1, 0.15) is 0 Å². The van der Waals surface area contributed by atoms with E-state index in [1.165, 1.54) is 0 Å². The third-order valence-electron chi connectivity index (χ3n) is 1.82. The molecule has 5 heteroatoms. The first-order valence-corrected chi connectivity index (χ1v) is 6.09. The van der Waals surface area contributed by atoms with Gasteiger partial charge < -0.3 is 9.26 Å². The molecular weight excluding hydrogens is 176 g/mol. The molecule has 0 aliphatic carbocycles. The van der Waals surface area contributed by atoms with Gasteiger partial charge in [0.2, 0.25) is 0 Å². The molecule has 12 heavy (non-hydrogen) atoms. The summed E-state index contributed by atoms with van der Waals surface area (Å²) in [6.45, 7) is 1.48. The van der Waals surface area contributed by atoms with Gasteiger partial charge in [-0.15, -0.1) is 0 Å². The summed E-state index contributed by atoms with van der Waals surface area (Å²) in [5.74, 6) is 1.19. The Morgan fingerprint density at radius 2 is 2.17 bits per heavy atom. The van der Waals surface area contributed by atoms with Crippen LogP contribution in [0.4, 0.5) is 0 Å². The second-order valence-electron chi connectivity index (χ2n) is 3.06. The van der Waals surface area contributed by atoms with Crippen molar-refractivity contribution >= 4 is 10.9 Å². The number of hydrogen-bond donors (Lipinski definition) is 1. The highest BCUT2D eigenvalue weighted by Crippen LogP contribution is 2.29. The van der Waals surface area contributed by atoms with Crippen LogP contribution in [0.1, 0.15) is 11.7 Å². The van der Waals surface area contributed by atoms with Crippen LogP contribution in [0.15, 0.2) is 9.75 Å². The molecule has 1 saturated heterocycles. The molecule has 68 valence electrons. The molecule has 0 spiro atoms. The van der Waals surface area contributed by atoms with Crippen molar-refractivity contribution in [3.63, 3.8) is 0 Å². The summed E-state index contributed by atoms with van der Waals surface area (Å²) in [4.78, 5) is 4.30. The van der Waals surface area contributed by atoms with Gasteiger partial charge in [-0.2, -0.15) is 15.9 Å². The van der Waals surface area contributed by atoms with E-state index in [2.05, 4.69) is 22.7 Å². The van der Waals surface area contributed by atoms with Crippen molar-refractivity contribution in [3.05, 3.63) is 5.82 Å². The minimum Gasteiger partial charge on any atom is -0.380 e. The predicted molar refractivity (Wildman–Crippen MR) is 47.0 cm³/mol. The number of rotatable bonds is 2. The molecule has 1 aromatic rings. The van der Waals surface area contributed by atoms with Gasteiger partial charge in [-0.25, -0.2) is 0 Å². The molecule has 0 bridgehead atoms. The number of aromatic nitrogens is 2. The number of hydrogen-bond acceptors (Lipinski definition) is 4. The molecule has 2 heterocycles. The zero-order valence-electron chi connectivity index (χ0n) is 7.15. The van der Waals surface area contributed by atoms with E-state index in [9.17, 15) is 0 Å². The number of thiol groups is 1. The SMILES string of the molecule is C[SH](C)c1nc(C2COC2)no1. The molecule has 1 fully saturated rings. The first kappa shape index (κ1) is 8.07. The van der Waals surface area contributed by atoms with Gasteiger partial charge >= 0.3 is 0 Å². The van der Waals surface area contributed by atoms with Gasteiger partial charge in [0.25, 0.3) is 5.22 Å². The molecular formula is C7H12N2O2S. The minimum atomic E-state index is -0.262. The maximum Gasteiger partial charge on any atom is 0.265 e. The minimum absolute atomic E-state index is 0.262. The summed E-state index contributed by atoms with van der Waals surface area (Å²) in [6, 6.07) is 0. The predicted octanol–water partition coefficient (Wildman–Crippen LogP) is 0.803. The third-order valence-corrected chi connectivity index (χ3v) is 2.76. The first-order valence-electron chi connectivity index (χ1n) is 3.86. The zero-order valence-corrected chi connectivity index (χ0v) is 8.04. The lowest BCUT2D eigenvalue weighted by atomic mass is 10.1. The molecule has 0 radical (unpaired) electrons. The van der Waals surface area contributed by atoms with Gasteiger partial charge in [0, 0.05) is 0 Å². The van der Waals surface area contributed by atoms with Crippen LogP contribution in [0.3, 0.4) is 0 Å². The Morgan fingerprint density at radius 3 is 2.58 bits per heavy atom. The lowest BCUT2D eigenvalue weighted by Crippen LogP contribution is -2.26. The largest absolute Gasteiger partial charge is 0.380 e. The molecule has 2 rings (SSSR count). The first-order chi connectivity index (χ1) is 5.77. The van der Waals surface area contributed by atoms with E-state index < -0.39 is 0 Å². The monoisotopic (exact) mass is 188 g/mol. The fourth-order valence-electron chi connectivity index (χ4n) is 0.959. The van der Waals surface area contributed by atoms with Crippen molar-refractivity contribution < 1.29 is 9.26 Å². The van der Waals surface area contributed by atoms with Crippen LogP contribution >= 0.6 is 10.9 Å². The Kier molecular flexibility index (Phi) is 2.06. The van der Waals surface area contributed by atoms with Gasteiger partial charge in [-0.05, 0) is 12.5 Å². The van der Waals surface area contributed by atoms with Crippen molar-refractivity contribution in [1.29, 1.82) is 0 Å². The summed E-state index contributed by atoms with van der Waals surface area (Å²) in [6.07, 6.45) is 4.20. The summed E-state index contributed by atoms with van der Waals surface area (Å²) in [5, 5.41) is 4.69. The molecule has 0 saturated carbocycles. The molecule has 0 unspecified atom stereocenters. The normalized spacial score (nSPS) is 19.0. The van der Waals surface area contributed by atoms with E-state index in [4.69, 9.17) is 9.26 Å². The standard InChI is InChI=1S/C7H12N2O2S/c1-12(2)7-8-6(9-11-7)5-3-10-4-5/h5,12H,3-4H2,1-2H3. The Bertz CT molecular complexity index is 270. The zero-order chi connectivity index (χ0) is 8.55. The lowest BCUT2D eigenvalue weighted by molar-refractivity contribution is 0.00403.